The van der Waals surface area contributed by atoms with Gasteiger partial charge >= 0.3 is 11.8 Å². The third-order valence-corrected chi connectivity index (χ3v) is 7.46. The number of nitrogens with one attached hydrogen (secondary N) is 2. The van der Waals surface area contributed by atoms with Crippen LogP contribution in [0.2, 0.25) is 0 Å². The molecule has 1 saturated heterocycles. The number of amides is 2. The van der Waals surface area contributed by atoms with E-state index in [1.165, 1.54) is 11.4 Å². The van der Waals surface area contributed by atoms with Gasteiger partial charge in [0.1, 0.15) is 5.75 Å². The van der Waals surface area contributed by atoms with Crippen LogP contribution in [-0.2, 0) is 19.6 Å². The van der Waals surface area contributed by atoms with Crippen LogP contribution in [0.3, 0.4) is 0 Å². The van der Waals surface area contributed by atoms with Crippen LogP contribution in [0.25, 0.3) is 0 Å². The van der Waals surface area contributed by atoms with E-state index in [1.807, 2.05) is 6.92 Å². The molecule has 1 heterocycles. The van der Waals surface area contributed by atoms with Gasteiger partial charge in [0.2, 0.25) is 10.0 Å². The smallest absolute Gasteiger partial charge is 0.313 e. The first-order valence-electron chi connectivity index (χ1n) is 10.6. The number of aryl methyl sites for hydroxylation is 1. The van der Waals surface area contributed by atoms with Crippen molar-refractivity contribution in [2.75, 3.05) is 25.5 Å². The second-order valence-corrected chi connectivity index (χ2v) is 9.70. The molecule has 9 heteroatoms. The van der Waals surface area contributed by atoms with Gasteiger partial charge in [-0.3, -0.25) is 9.59 Å². The third kappa shape index (κ3) is 5.86. The highest BCUT2D eigenvalue weighted by atomic mass is 32.2. The van der Waals surface area contributed by atoms with Gasteiger partial charge in [-0.05, 0) is 50.5 Å². The zero-order valence-corrected chi connectivity index (χ0v) is 19.2. The van der Waals surface area contributed by atoms with Gasteiger partial charge in [-0.15, -0.1) is 0 Å². The van der Waals surface area contributed by atoms with Gasteiger partial charge in [-0.2, -0.15) is 4.31 Å². The molecule has 8 nitrogen and oxygen atoms in total. The highest BCUT2D eigenvalue weighted by Crippen LogP contribution is 2.27. The Morgan fingerprint density at radius 2 is 1.84 bits per heavy atom. The lowest BCUT2D eigenvalue weighted by molar-refractivity contribution is -0.136. The molecule has 172 valence electrons. The van der Waals surface area contributed by atoms with Crippen LogP contribution in [0.5, 0.6) is 5.75 Å². The number of benzene rings is 2. The van der Waals surface area contributed by atoms with Crippen molar-refractivity contribution >= 4 is 27.5 Å². The predicted octanol–water partition coefficient (Wildman–Crippen LogP) is 2.69. The van der Waals surface area contributed by atoms with Crippen LogP contribution in [0, 0.1) is 6.92 Å². The van der Waals surface area contributed by atoms with Crippen molar-refractivity contribution in [2.24, 2.45) is 0 Å². The summed E-state index contributed by atoms with van der Waals surface area (Å²) in [5.41, 5.74) is 1.45. The third-order valence-electron chi connectivity index (χ3n) is 5.50. The molecule has 0 radical (unpaired) electrons. The Bertz CT molecular complexity index is 1050. The largest absolute Gasteiger partial charge is 0.497 e. The molecule has 0 saturated carbocycles. The quantitative estimate of drug-likeness (QED) is 0.620. The SMILES string of the molecule is COc1cccc(NC(=O)C(=O)NCCC2CCCCN2S(=O)(=O)c2ccc(C)cc2)c1. The Kier molecular flexibility index (Phi) is 7.87. The summed E-state index contributed by atoms with van der Waals surface area (Å²) in [4.78, 5) is 24.6. The molecular weight excluding hydrogens is 430 g/mol. The minimum Gasteiger partial charge on any atom is -0.497 e. The molecular formula is C23H29N3O5S. The monoisotopic (exact) mass is 459 g/mol. The predicted molar refractivity (Wildman–Crippen MR) is 122 cm³/mol. The molecule has 0 aromatic heterocycles. The van der Waals surface area contributed by atoms with Crippen LogP contribution in [0.15, 0.2) is 53.4 Å². The van der Waals surface area contributed by atoms with Gasteiger partial charge < -0.3 is 15.4 Å². The summed E-state index contributed by atoms with van der Waals surface area (Å²) >= 11 is 0. The standard InChI is InChI=1S/C23H29N3O5S/c1-17-9-11-21(12-10-17)32(29,30)26-15-4-3-7-19(26)13-14-24-22(27)23(28)25-18-6-5-8-20(16-18)31-2/h5-6,8-12,16,19H,3-4,7,13-15H2,1-2H3,(H,24,27)(H,25,28). The van der Waals surface area contributed by atoms with E-state index in [2.05, 4.69) is 10.6 Å². The van der Waals surface area contributed by atoms with E-state index in [1.54, 1.807) is 48.5 Å². The highest BCUT2D eigenvalue weighted by Gasteiger charge is 2.33. The number of carbonyl (C=O) groups is 2. The molecule has 0 aliphatic carbocycles. The molecule has 3 rings (SSSR count). The molecule has 2 aromatic carbocycles. The maximum absolute atomic E-state index is 13.1. The maximum atomic E-state index is 13.1. The van der Waals surface area contributed by atoms with Gasteiger partial charge in [0, 0.05) is 30.9 Å². The van der Waals surface area contributed by atoms with E-state index in [9.17, 15) is 18.0 Å². The lowest BCUT2D eigenvalue weighted by Gasteiger charge is -2.34. The number of hydrogen-bond donors (Lipinski definition) is 2. The number of sulfonamides is 1. The zero-order valence-electron chi connectivity index (χ0n) is 18.3. The Labute approximate surface area is 189 Å². The number of hydrogen-bond acceptors (Lipinski definition) is 5. The average Bonchev–Trinajstić information content (AvgIpc) is 2.79. The van der Waals surface area contributed by atoms with E-state index in [-0.39, 0.29) is 17.5 Å². The number of piperidine rings is 1. The van der Waals surface area contributed by atoms with Crippen molar-refractivity contribution in [1.82, 2.24) is 9.62 Å². The second kappa shape index (κ2) is 10.6. The fourth-order valence-corrected chi connectivity index (χ4v) is 5.47. The summed E-state index contributed by atoms with van der Waals surface area (Å²) in [6.45, 7) is 2.56. The molecule has 1 atom stereocenters. The van der Waals surface area contributed by atoms with E-state index < -0.39 is 21.8 Å². The van der Waals surface area contributed by atoms with Crippen LogP contribution in [0.4, 0.5) is 5.69 Å². The van der Waals surface area contributed by atoms with E-state index in [0.717, 1.165) is 24.8 Å². The Balaban J connectivity index is 1.56. The molecule has 1 unspecified atom stereocenters. The number of methoxy groups -OCH3 is 1. The fourth-order valence-electron chi connectivity index (χ4n) is 3.75. The summed E-state index contributed by atoms with van der Waals surface area (Å²) in [6, 6.07) is 13.3. The van der Waals surface area contributed by atoms with Gasteiger partial charge in [-0.25, -0.2) is 8.42 Å². The van der Waals surface area contributed by atoms with Crippen molar-refractivity contribution in [3.63, 3.8) is 0 Å². The lowest BCUT2D eigenvalue weighted by atomic mass is 10.0. The minimum atomic E-state index is -3.61. The van der Waals surface area contributed by atoms with Crippen molar-refractivity contribution in [1.29, 1.82) is 0 Å². The molecule has 0 bridgehead atoms. The summed E-state index contributed by atoms with van der Waals surface area (Å²) in [5, 5.41) is 5.12. The maximum Gasteiger partial charge on any atom is 0.313 e. The Morgan fingerprint density at radius 1 is 1.09 bits per heavy atom. The molecule has 2 amide bonds. The Hall–Kier alpha value is -2.91. The van der Waals surface area contributed by atoms with Crippen molar-refractivity contribution in [3.05, 3.63) is 54.1 Å². The summed E-state index contributed by atoms with van der Waals surface area (Å²) in [7, 11) is -2.10. The van der Waals surface area contributed by atoms with E-state index in [0.29, 0.717) is 24.4 Å². The number of ether oxygens (including phenoxy) is 1. The molecule has 0 spiro atoms. The molecule has 1 aliphatic rings. The topological polar surface area (TPSA) is 105 Å². The Morgan fingerprint density at radius 3 is 2.56 bits per heavy atom. The number of carbonyl (C=O) groups excluding carboxylic acids is 2. The van der Waals surface area contributed by atoms with Crippen LogP contribution < -0.4 is 15.4 Å². The minimum absolute atomic E-state index is 0.203. The lowest BCUT2D eigenvalue weighted by Crippen LogP contribution is -2.45. The van der Waals surface area contributed by atoms with Gasteiger partial charge in [0.05, 0.1) is 12.0 Å². The zero-order chi connectivity index (χ0) is 23.1. The van der Waals surface area contributed by atoms with Crippen molar-refractivity contribution in [2.45, 2.75) is 43.5 Å². The molecule has 2 aromatic rings. The van der Waals surface area contributed by atoms with Gasteiger partial charge in [-0.1, -0.05) is 30.2 Å². The summed E-state index contributed by atoms with van der Waals surface area (Å²) in [6.07, 6.45) is 2.88. The molecule has 1 fully saturated rings. The second-order valence-electron chi connectivity index (χ2n) is 7.81. The molecule has 1 aliphatic heterocycles. The molecule has 32 heavy (non-hydrogen) atoms. The van der Waals surface area contributed by atoms with Gasteiger partial charge in [0.25, 0.3) is 0 Å². The van der Waals surface area contributed by atoms with Crippen LogP contribution >= 0.6 is 0 Å². The fraction of sp³-hybridized carbons (Fsp3) is 0.391. The first-order chi connectivity index (χ1) is 15.3. The van der Waals surface area contributed by atoms with E-state index >= 15 is 0 Å². The normalized spacial score (nSPS) is 16.9. The highest BCUT2D eigenvalue weighted by molar-refractivity contribution is 7.89. The first kappa shape index (κ1) is 23.7. The number of anilines is 1. The van der Waals surface area contributed by atoms with Crippen molar-refractivity contribution < 1.29 is 22.7 Å². The van der Waals surface area contributed by atoms with Crippen LogP contribution in [-0.4, -0.2) is 50.8 Å². The first-order valence-corrected chi connectivity index (χ1v) is 12.1. The van der Waals surface area contributed by atoms with Crippen molar-refractivity contribution in [3.8, 4) is 5.75 Å². The van der Waals surface area contributed by atoms with Gasteiger partial charge in [0.15, 0.2) is 0 Å². The van der Waals surface area contributed by atoms with E-state index in [4.69, 9.17) is 4.74 Å². The van der Waals surface area contributed by atoms with Crippen LogP contribution in [0.1, 0.15) is 31.2 Å². The number of rotatable bonds is 7. The number of nitrogens with zero attached hydrogens (tertiary/aromatic N) is 1. The molecule has 2 N–H and O–H groups in total. The average molecular weight is 460 g/mol. The summed E-state index contributed by atoms with van der Waals surface area (Å²) in [5.74, 6) is -0.988. The summed E-state index contributed by atoms with van der Waals surface area (Å²) < 4.78 is 32.9.